The van der Waals surface area contributed by atoms with E-state index < -0.39 is 0 Å². The van der Waals surface area contributed by atoms with Gasteiger partial charge in [0.25, 0.3) is 5.56 Å². The molecule has 0 radical (unpaired) electrons. The second-order valence-electron chi connectivity index (χ2n) is 6.27. The number of rotatable bonds is 9. The van der Waals surface area contributed by atoms with Crippen molar-refractivity contribution < 1.29 is 9.53 Å². The first-order chi connectivity index (χ1) is 13.7. The first-order valence-electron chi connectivity index (χ1n) is 9.11. The van der Waals surface area contributed by atoms with Crippen molar-refractivity contribution in [3.63, 3.8) is 0 Å². The molecule has 1 heterocycles. The molecule has 0 saturated heterocycles. The molecule has 1 N–H and O–H groups in total. The zero-order valence-electron chi connectivity index (χ0n) is 15.8. The molecule has 3 rings (SSSR count). The summed E-state index contributed by atoms with van der Waals surface area (Å²) < 4.78 is 6.61. The van der Waals surface area contributed by atoms with Crippen LogP contribution in [0.15, 0.2) is 64.5 Å². The highest BCUT2D eigenvalue weighted by atomic mass is 32.2. The Balaban J connectivity index is 1.82. The number of ether oxygens (including phenoxy) is 1. The van der Waals surface area contributed by atoms with Gasteiger partial charge >= 0.3 is 0 Å². The van der Waals surface area contributed by atoms with E-state index >= 15 is 0 Å². The Morgan fingerprint density at radius 2 is 1.89 bits per heavy atom. The summed E-state index contributed by atoms with van der Waals surface area (Å²) in [5.41, 5.74) is 1.55. The van der Waals surface area contributed by atoms with Crippen molar-refractivity contribution in [1.29, 1.82) is 0 Å². The third kappa shape index (κ3) is 5.21. The molecule has 0 fully saturated rings. The number of aromatic nitrogens is 2. The monoisotopic (exact) mass is 397 g/mol. The highest BCUT2D eigenvalue weighted by Crippen LogP contribution is 2.18. The van der Waals surface area contributed by atoms with Gasteiger partial charge in [-0.15, -0.1) is 0 Å². The van der Waals surface area contributed by atoms with Crippen molar-refractivity contribution in [2.45, 2.75) is 18.1 Å². The number of benzene rings is 2. The Morgan fingerprint density at radius 1 is 1.14 bits per heavy atom. The summed E-state index contributed by atoms with van der Waals surface area (Å²) in [5, 5.41) is 3.97. The molecule has 7 heteroatoms. The van der Waals surface area contributed by atoms with Gasteiger partial charge in [-0.2, -0.15) is 0 Å². The van der Waals surface area contributed by atoms with Crippen molar-refractivity contribution in [2.75, 3.05) is 26.0 Å². The maximum absolute atomic E-state index is 13.0. The van der Waals surface area contributed by atoms with Crippen molar-refractivity contribution in [3.8, 4) is 0 Å². The fourth-order valence-corrected chi connectivity index (χ4v) is 3.62. The van der Waals surface area contributed by atoms with E-state index in [9.17, 15) is 9.59 Å². The lowest BCUT2D eigenvalue weighted by molar-refractivity contribution is -0.118. The minimum atomic E-state index is -0.0996. The maximum atomic E-state index is 13.0. The minimum absolute atomic E-state index is 0.0882. The van der Waals surface area contributed by atoms with Crippen LogP contribution >= 0.6 is 11.8 Å². The largest absolute Gasteiger partial charge is 0.385 e. The van der Waals surface area contributed by atoms with E-state index in [2.05, 4.69) is 10.3 Å². The molecule has 0 atom stereocenters. The van der Waals surface area contributed by atoms with E-state index in [1.54, 1.807) is 17.7 Å². The standard InChI is InChI=1S/C21H23N3O3S/c1-27-13-7-12-22-19(25)15-28-21-23-18-11-6-5-10-17(18)20(26)24(21)14-16-8-3-2-4-9-16/h2-6,8-11H,7,12-15H2,1H3,(H,22,25). The van der Waals surface area contributed by atoms with Gasteiger partial charge in [0.2, 0.25) is 5.91 Å². The first kappa shape index (κ1) is 20.1. The van der Waals surface area contributed by atoms with E-state index in [1.165, 1.54) is 11.8 Å². The third-order valence-corrected chi connectivity index (χ3v) is 5.17. The molecule has 0 aliphatic rings. The number of nitrogens with one attached hydrogen (secondary N) is 1. The average molecular weight is 398 g/mol. The van der Waals surface area contributed by atoms with Gasteiger partial charge in [-0.3, -0.25) is 14.2 Å². The summed E-state index contributed by atoms with van der Waals surface area (Å²) in [5.74, 6) is 0.113. The van der Waals surface area contributed by atoms with Crippen LogP contribution in [0.4, 0.5) is 0 Å². The quantitative estimate of drug-likeness (QED) is 0.341. The lowest BCUT2D eigenvalue weighted by Crippen LogP contribution is -2.28. The molecule has 3 aromatic rings. The molecule has 28 heavy (non-hydrogen) atoms. The number of para-hydroxylation sites is 1. The molecule has 146 valence electrons. The SMILES string of the molecule is COCCCNC(=O)CSc1nc2ccccc2c(=O)n1Cc1ccccc1. The van der Waals surface area contributed by atoms with Crippen LogP contribution in [0.1, 0.15) is 12.0 Å². The Bertz CT molecular complexity index is 989. The van der Waals surface area contributed by atoms with Gasteiger partial charge in [-0.1, -0.05) is 54.2 Å². The summed E-state index contributed by atoms with van der Waals surface area (Å²) in [6.07, 6.45) is 0.764. The van der Waals surface area contributed by atoms with Crippen LogP contribution in [-0.4, -0.2) is 41.5 Å². The summed E-state index contributed by atoms with van der Waals surface area (Å²) in [4.78, 5) is 29.8. The van der Waals surface area contributed by atoms with Gasteiger partial charge in [-0.25, -0.2) is 4.98 Å². The molecule has 0 spiro atoms. The molecule has 6 nitrogen and oxygen atoms in total. The van der Waals surface area contributed by atoms with Crippen LogP contribution in [0.3, 0.4) is 0 Å². The minimum Gasteiger partial charge on any atom is -0.385 e. The van der Waals surface area contributed by atoms with Gasteiger partial charge < -0.3 is 10.1 Å². The zero-order valence-corrected chi connectivity index (χ0v) is 16.6. The van der Waals surface area contributed by atoms with E-state index in [-0.39, 0.29) is 17.2 Å². The molecular formula is C21H23N3O3S. The second kappa shape index (κ2) is 10.1. The maximum Gasteiger partial charge on any atom is 0.262 e. The molecule has 1 amide bonds. The highest BCUT2D eigenvalue weighted by molar-refractivity contribution is 7.99. The van der Waals surface area contributed by atoms with Gasteiger partial charge in [-0.05, 0) is 24.1 Å². The average Bonchev–Trinajstić information content (AvgIpc) is 2.73. The van der Waals surface area contributed by atoms with Gasteiger partial charge in [0.05, 0.1) is 23.2 Å². The number of amides is 1. The van der Waals surface area contributed by atoms with Crippen LogP contribution in [-0.2, 0) is 16.1 Å². The van der Waals surface area contributed by atoms with Crippen LogP contribution in [0.25, 0.3) is 10.9 Å². The Labute approximate surface area is 167 Å². The van der Waals surface area contributed by atoms with Crippen LogP contribution < -0.4 is 10.9 Å². The Hall–Kier alpha value is -2.64. The summed E-state index contributed by atoms with van der Waals surface area (Å²) in [7, 11) is 1.63. The number of hydrogen-bond donors (Lipinski definition) is 1. The second-order valence-corrected chi connectivity index (χ2v) is 7.22. The van der Waals surface area contributed by atoms with Gasteiger partial charge in [0, 0.05) is 20.3 Å². The Morgan fingerprint density at radius 3 is 2.68 bits per heavy atom. The van der Waals surface area contributed by atoms with E-state index in [1.807, 2.05) is 48.5 Å². The number of nitrogens with zero attached hydrogens (tertiary/aromatic N) is 2. The number of carbonyl (C=O) groups excluding carboxylic acids is 1. The summed E-state index contributed by atoms with van der Waals surface area (Å²) in [6.45, 7) is 1.58. The number of hydrogen-bond acceptors (Lipinski definition) is 5. The van der Waals surface area contributed by atoms with Crippen LogP contribution in [0.2, 0.25) is 0 Å². The first-order valence-corrected chi connectivity index (χ1v) is 10.1. The van der Waals surface area contributed by atoms with Crippen molar-refractivity contribution >= 4 is 28.6 Å². The lowest BCUT2D eigenvalue weighted by atomic mass is 10.2. The predicted molar refractivity (Wildman–Crippen MR) is 112 cm³/mol. The summed E-state index contributed by atoms with van der Waals surface area (Å²) >= 11 is 1.28. The fourth-order valence-electron chi connectivity index (χ4n) is 2.79. The van der Waals surface area contributed by atoms with Crippen LogP contribution in [0, 0.1) is 0 Å². The molecule has 0 aliphatic heterocycles. The topological polar surface area (TPSA) is 73.2 Å². The fraction of sp³-hybridized carbons (Fsp3) is 0.286. The Kier molecular flexibility index (Phi) is 7.22. The molecule has 1 aromatic heterocycles. The van der Waals surface area contributed by atoms with E-state index in [4.69, 9.17) is 4.74 Å². The number of methoxy groups -OCH3 is 1. The van der Waals surface area contributed by atoms with Crippen molar-refractivity contribution in [1.82, 2.24) is 14.9 Å². The molecule has 2 aromatic carbocycles. The molecule has 0 bridgehead atoms. The number of thioether (sulfide) groups is 1. The highest BCUT2D eigenvalue weighted by Gasteiger charge is 2.13. The zero-order chi connectivity index (χ0) is 19.8. The number of carbonyl (C=O) groups is 1. The van der Waals surface area contributed by atoms with Gasteiger partial charge in [0.1, 0.15) is 0 Å². The lowest BCUT2D eigenvalue weighted by Gasteiger charge is -2.13. The molecular weight excluding hydrogens is 374 g/mol. The third-order valence-electron chi connectivity index (χ3n) is 4.19. The van der Waals surface area contributed by atoms with Crippen molar-refractivity contribution in [3.05, 3.63) is 70.5 Å². The van der Waals surface area contributed by atoms with E-state index in [0.29, 0.717) is 35.8 Å². The number of fused-ring (bicyclic) bond motifs is 1. The molecule has 0 unspecified atom stereocenters. The summed E-state index contributed by atoms with van der Waals surface area (Å²) in [6, 6.07) is 17.0. The van der Waals surface area contributed by atoms with Crippen LogP contribution in [0.5, 0.6) is 0 Å². The van der Waals surface area contributed by atoms with E-state index in [0.717, 1.165) is 12.0 Å². The molecule has 0 aliphatic carbocycles. The molecule has 0 saturated carbocycles. The van der Waals surface area contributed by atoms with Crippen molar-refractivity contribution in [2.24, 2.45) is 0 Å². The predicted octanol–water partition coefficient (Wildman–Crippen LogP) is 2.69. The van der Waals surface area contributed by atoms with Gasteiger partial charge in [0.15, 0.2) is 5.16 Å². The normalized spacial score (nSPS) is 10.9. The smallest absolute Gasteiger partial charge is 0.262 e.